The molecule has 0 aliphatic carbocycles. The first-order valence-electron chi connectivity index (χ1n) is 8.72. The van der Waals surface area contributed by atoms with E-state index in [1.165, 1.54) is 26.0 Å². The molecule has 0 aliphatic heterocycles. The molecule has 0 bridgehead atoms. The molecule has 160 valence electrons. The average Bonchev–Trinajstić information content (AvgIpc) is 3.06. The highest BCUT2D eigenvalue weighted by molar-refractivity contribution is 8.00. The number of rotatable bonds is 8. The van der Waals surface area contributed by atoms with Gasteiger partial charge in [0, 0.05) is 4.90 Å². The molecule has 0 radical (unpaired) electrons. The zero-order valence-electron chi connectivity index (χ0n) is 16.9. The van der Waals surface area contributed by atoms with Crippen LogP contribution in [0, 0.1) is 13.8 Å². The third kappa shape index (κ3) is 5.83. The summed E-state index contributed by atoms with van der Waals surface area (Å²) in [6.07, 6.45) is 0. The molecule has 0 saturated carbocycles. The Morgan fingerprint density at radius 3 is 2.33 bits per heavy atom. The predicted octanol–water partition coefficient (Wildman–Crippen LogP) is 3.21. The molecule has 0 atom stereocenters. The summed E-state index contributed by atoms with van der Waals surface area (Å²) in [5.41, 5.74) is 1.43. The molecule has 0 saturated heterocycles. The van der Waals surface area contributed by atoms with Crippen molar-refractivity contribution in [2.75, 3.05) is 31.9 Å². The van der Waals surface area contributed by atoms with E-state index in [1.54, 1.807) is 6.92 Å². The van der Waals surface area contributed by atoms with Crippen LogP contribution in [0.5, 0.6) is 0 Å². The number of aryl methyl sites for hydroxylation is 1. The third-order valence-corrected chi connectivity index (χ3v) is 6.30. The summed E-state index contributed by atoms with van der Waals surface area (Å²) in [6, 6.07) is 7.61. The van der Waals surface area contributed by atoms with Gasteiger partial charge in [0.2, 0.25) is 0 Å². The number of carbonyl (C=O) groups excluding carboxylic acids is 4. The molecule has 1 aromatic carbocycles. The maximum atomic E-state index is 12.2. The second kappa shape index (κ2) is 10.8. The fraction of sp³-hybridized carbons (Fsp3) is 0.300. The summed E-state index contributed by atoms with van der Waals surface area (Å²) < 4.78 is 14.4. The standard InChI is InChI=1S/C20H21NO7S2/c1-11-7-5-6-8-13(11)29-10-15(23)28-9-14(22)21-18-16(19(24)26-3)12(2)17(30-18)20(25)27-4/h5-8H,9-10H2,1-4H3,(H,21,22). The highest BCUT2D eigenvalue weighted by Crippen LogP contribution is 2.34. The SMILES string of the molecule is COC(=O)c1sc(NC(=O)COC(=O)CSc2ccccc2C)c(C(=O)OC)c1C. The van der Waals surface area contributed by atoms with Gasteiger partial charge in [0.05, 0.1) is 25.5 Å². The first-order valence-corrected chi connectivity index (χ1v) is 10.5. The number of thioether (sulfide) groups is 1. The largest absolute Gasteiger partial charge is 0.465 e. The summed E-state index contributed by atoms with van der Waals surface area (Å²) in [4.78, 5) is 49.2. The van der Waals surface area contributed by atoms with Gasteiger partial charge in [-0.15, -0.1) is 23.1 Å². The van der Waals surface area contributed by atoms with E-state index in [0.717, 1.165) is 21.8 Å². The fourth-order valence-corrected chi connectivity index (χ4v) is 4.40. The van der Waals surface area contributed by atoms with Gasteiger partial charge in [0.15, 0.2) is 6.61 Å². The monoisotopic (exact) mass is 451 g/mol. The van der Waals surface area contributed by atoms with Gasteiger partial charge in [0.25, 0.3) is 5.91 Å². The molecule has 30 heavy (non-hydrogen) atoms. The Hall–Kier alpha value is -2.85. The Kier molecular flexibility index (Phi) is 8.43. The number of carbonyl (C=O) groups is 4. The molecule has 1 amide bonds. The summed E-state index contributed by atoms with van der Waals surface area (Å²) in [6.45, 7) is 2.96. The van der Waals surface area contributed by atoms with Crippen LogP contribution in [0.4, 0.5) is 5.00 Å². The van der Waals surface area contributed by atoms with E-state index in [4.69, 9.17) is 9.47 Å². The number of benzene rings is 1. The van der Waals surface area contributed by atoms with Gasteiger partial charge >= 0.3 is 17.9 Å². The van der Waals surface area contributed by atoms with Gasteiger partial charge in [-0.1, -0.05) is 18.2 Å². The van der Waals surface area contributed by atoms with Crippen LogP contribution >= 0.6 is 23.1 Å². The first-order chi connectivity index (χ1) is 14.3. The maximum absolute atomic E-state index is 12.2. The molecule has 0 fully saturated rings. The van der Waals surface area contributed by atoms with Crippen LogP contribution < -0.4 is 5.32 Å². The van der Waals surface area contributed by atoms with Crippen LogP contribution in [0.1, 0.15) is 31.2 Å². The highest BCUT2D eigenvalue weighted by Gasteiger charge is 2.27. The number of nitrogens with one attached hydrogen (secondary N) is 1. The van der Waals surface area contributed by atoms with E-state index in [1.807, 2.05) is 31.2 Å². The number of methoxy groups -OCH3 is 2. The lowest BCUT2D eigenvalue weighted by atomic mass is 10.1. The third-order valence-electron chi connectivity index (χ3n) is 3.96. The summed E-state index contributed by atoms with van der Waals surface area (Å²) in [5, 5.41) is 2.61. The quantitative estimate of drug-likeness (QED) is 0.370. The summed E-state index contributed by atoms with van der Waals surface area (Å²) in [5.74, 6) is -2.49. The van der Waals surface area contributed by atoms with E-state index in [0.29, 0.717) is 5.56 Å². The van der Waals surface area contributed by atoms with Gasteiger partial charge in [-0.25, -0.2) is 9.59 Å². The molecule has 1 N–H and O–H groups in total. The van der Waals surface area contributed by atoms with Crippen molar-refractivity contribution in [2.45, 2.75) is 18.7 Å². The number of ether oxygens (including phenoxy) is 3. The lowest BCUT2D eigenvalue weighted by Crippen LogP contribution is -2.22. The Morgan fingerprint density at radius 2 is 1.70 bits per heavy atom. The van der Waals surface area contributed by atoms with E-state index >= 15 is 0 Å². The van der Waals surface area contributed by atoms with Gasteiger partial charge in [-0.05, 0) is 31.0 Å². The molecule has 0 aliphatic rings. The number of hydrogen-bond acceptors (Lipinski definition) is 9. The fourth-order valence-electron chi connectivity index (χ4n) is 2.44. The lowest BCUT2D eigenvalue weighted by Gasteiger charge is -2.08. The molecular formula is C20H21NO7S2. The molecule has 8 nitrogen and oxygen atoms in total. The second-order valence-corrected chi connectivity index (χ2v) is 8.04. The number of anilines is 1. The minimum Gasteiger partial charge on any atom is -0.465 e. The van der Waals surface area contributed by atoms with E-state index in [-0.39, 0.29) is 21.2 Å². The molecule has 10 heteroatoms. The van der Waals surface area contributed by atoms with Crippen LogP contribution in [0.15, 0.2) is 29.2 Å². The Bertz CT molecular complexity index is 968. The highest BCUT2D eigenvalue weighted by atomic mass is 32.2. The molecule has 0 spiro atoms. The molecule has 2 rings (SSSR count). The number of esters is 3. The minimum atomic E-state index is -0.708. The van der Waals surface area contributed by atoms with Crippen molar-refractivity contribution in [1.82, 2.24) is 0 Å². The maximum Gasteiger partial charge on any atom is 0.348 e. The number of hydrogen-bond donors (Lipinski definition) is 1. The van der Waals surface area contributed by atoms with Crippen LogP contribution in [0.25, 0.3) is 0 Å². The molecule has 0 unspecified atom stereocenters. The van der Waals surface area contributed by atoms with Gasteiger partial charge in [-0.2, -0.15) is 0 Å². The Balaban J connectivity index is 1.98. The topological polar surface area (TPSA) is 108 Å². The van der Waals surface area contributed by atoms with Gasteiger partial charge in [0.1, 0.15) is 9.88 Å². The van der Waals surface area contributed by atoms with Gasteiger partial charge < -0.3 is 19.5 Å². The molecule has 1 heterocycles. The van der Waals surface area contributed by atoms with Crippen LogP contribution in [0.2, 0.25) is 0 Å². The first kappa shape index (κ1) is 23.4. The van der Waals surface area contributed by atoms with Crippen LogP contribution in [-0.4, -0.2) is 50.4 Å². The van der Waals surface area contributed by atoms with Crippen LogP contribution in [0.3, 0.4) is 0 Å². The van der Waals surface area contributed by atoms with E-state index < -0.39 is 30.4 Å². The lowest BCUT2D eigenvalue weighted by molar-refractivity contribution is -0.144. The second-order valence-electron chi connectivity index (χ2n) is 6.01. The van der Waals surface area contributed by atoms with Crippen molar-refractivity contribution in [2.24, 2.45) is 0 Å². The smallest absolute Gasteiger partial charge is 0.348 e. The van der Waals surface area contributed by atoms with E-state index in [9.17, 15) is 19.2 Å². The van der Waals surface area contributed by atoms with E-state index in [2.05, 4.69) is 10.1 Å². The molecule has 2 aromatic rings. The average molecular weight is 452 g/mol. The molecular weight excluding hydrogens is 430 g/mol. The van der Waals surface area contributed by atoms with Crippen molar-refractivity contribution >= 4 is 51.9 Å². The van der Waals surface area contributed by atoms with Crippen molar-refractivity contribution < 1.29 is 33.4 Å². The summed E-state index contributed by atoms with van der Waals surface area (Å²) >= 11 is 2.20. The molecule has 1 aromatic heterocycles. The Morgan fingerprint density at radius 1 is 1.03 bits per heavy atom. The number of thiophene rings is 1. The zero-order chi connectivity index (χ0) is 22.3. The summed E-state index contributed by atoms with van der Waals surface area (Å²) in [7, 11) is 2.41. The van der Waals surface area contributed by atoms with Crippen molar-refractivity contribution in [1.29, 1.82) is 0 Å². The predicted molar refractivity (Wildman–Crippen MR) is 113 cm³/mol. The van der Waals surface area contributed by atoms with Crippen molar-refractivity contribution in [3.05, 3.63) is 45.8 Å². The van der Waals surface area contributed by atoms with Crippen molar-refractivity contribution in [3.63, 3.8) is 0 Å². The van der Waals surface area contributed by atoms with Crippen molar-refractivity contribution in [3.8, 4) is 0 Å². The number of amides is 1. The van der Waals surface area contributed by atoms with Gasteiger partial charge in [-0.3, -0.25) is 9.59 Å². The van der Waals surface area contributed by atoms with Crippen LogP contribution in [-0.2, 0) is 23.8 Å². The minimum absolute atomic E-state index is 0.0517. The normalized spacial score (nSPS) is 10.3. The Labute approximate surface area is 181 Å². The zero-order valence-corrected chi connectivity index (χ0v) is 18.5.